The molecule has 0 amide bonds. The number of ether oxygens (including phenoxy) is 1. The Morgan fingerprint density at radius 1 is 1.20 bits per heavy atom. The van der Waals surface area contributed by atoms with E-state index in [4.69, 9.17) is 4.74 Å². The summed E-state index contributed by atoms with van der Waals surface area (Å²) < 4.78 is 5.62. The highest BCUT2D eigenvalue weighted by Crippen LogP contribution is 2.32. The minimum Gasteiger partial charge on any atom is -0.377 e. The van der Waals surface area contributed by atoms with Crippen LogP contribution in [-0.2, 0) is 4.74 Å². The van der Waals surface area contributed by atoms with Gasteiger partial charge in [-0.2, -0.15) is 11.8 Å². The third-order valence-electron chi connectivity index (χ3n) is 2.36. The fourth-order valence-electron chi connectivity index (χ4n) is 1.77. The standard InChI is InChI=1S/C8H14OS/c1-2-6-10-8-4-5-9-7(8)3-1/h7-8H,1-6H2. The summed E-state index contributed by atoms with van der Waals surface area (Å²) >= 11 is 2.13. The molecule has 2 aliphatic rings. The van der Waals surface area contributed by atoms with Crippen LogP contribution in [0, 0.1) is 0 Å². The lowest BCUT2D eigenvalue weighted by Gasteiger charge is -2.12. The smallest absolute Gasteiger partial charge is 0.0694 e. The van der Waals surface area contributed by atoms with Crippen LogP contribution in [0.4, 0.5) is 0 Å². The molecule has 2 atom stereocenters. The molecule has 2 fully saturated rings. The molecule has 2 heteroatoms. The molecule has 58 valence electrons. The maximum absolute atomic E-state index is 5.62. The number of fused-ring (bicyclic) bond motifs is 1. The van der Waals surface area contributed by atoms with Crippen molar-refractivity contribution in [3.8, 4) is 0 Å². The quantitative estimate of drug-likeness (QED) is 0.533. The minimum atomic E-state index is 0.618. The molecule has 0 aromatic heterocycles. The van der Waals surface area contributed by atoms with Crippen molar-refractivity contribution in [2.24, 2.45) is 0 Å². The molecule has 2 unspecified atom stereocenters. The summed E-state index contributed by atoms with van der Waals surface area (Å²) in [6, 6.07) is 0. The molecule has 0 radical (unpaired) electrons. The van der Waals surface area contributed by atoms with E-state index in [9.17, 15) is 0 Å². The predicted molar refractivity (Wildman–Crippen MR) is 44.5 cm³/mol. The van der Waals surface area contributed by atoms with E-state index in [2.05, 4.69) is 11.8 Å². The molecular formula is C8H14OS. The summed E-state index contributed by atoms with van der Waals surface area (Å²) in [5.74, 6) is 1.37. The normalized spacial score (nSPS) is 40.8. The van der Waals surface area contributed by atoms with Crippen molar-refractivity contribution in [2.45, 2.75) is 37.0 Å². The molecule has 0 aliphatic carbocycles. The van der Waals surface area contributed by atoms with E-state index in [0.717, 1.165) is 11.9 Å². The molecule has 1 nitrogen and oxygen atoms in total. The Hall–Kier alpha value is 0.310. The van der Waals surface area contributed by atoms with Crippen LogP contribution in [0.1, 0.15) is 25.7 Å². The Labute approximate surface area is 66.5 Å². The molecule has 0 spiro atoms. The average Bonchev–Trinajstić information content (AvgIpc) is 2.28. The van der Waals surface area contributed by atoms with Crippen molar-refractivity contribution >= 4 is 11.8 Å². The zero-order chi connectivity index (χ0) is 6.81. The van der Waals surface area contributed by atoms with Crippen LogP contribution in [0.2, 0.25) is 0 Å². The highest BCUT2D eigenvalue weighted by Gasteiger charge is 2.29. The maximum Gasteiger partial charge on any atom is 0.0694 e. The maximum atomic E-state index is 5.62. The first-order valence-corrected chi connectivity index (χ1v) is 5.25. The molecular weight excluding hydrogens is 144 g/mol. The lowest BCUT2D eigenvalue weighted by molar-refractivity contribution is 0.105. The monoisotopic (exact) mass is 158 g/mol. The average molecular weight is 158 g/mol. The van der Waals surface area contributed by atoms with Crippen LogP contribution in [0.25, 0.3) is 0 Å². The molecule has 10 heavy (non-hydrogen) atoms. The zero-order valence-corrected chi connectivity index (χ0v) is 7.03. The van der Waals surface area contributed by atoms with E-state index < -0.39 is 0 Å². The molecule has 0 aromatic rings. The van der Waals surface area contributed by atoms with Gasteiger partial charge < -0.3 is 4.74 Å². The van der Waals surface area contributed by atoms with Crippen molar-refractivity contribution in [3.05, 3.63) is 0 Å². The van der Waals surface area contributed by atoms with Crippen LogP contribution < -0.4 is 0 Å². The van der Waals surface area contributed by atoms with Gasteiger partial charge >= 0.3 is 0 Å². The number of thioether (sulfide) groups is 1. The first kappa shape index (κ1) is 6.99. The molecule has 0 bridgehead atoms. The van der Waals surface area contributed by atoms with Crippen molar-refractivity contribution in [1.82, 2.24) is 0 Å². The molecule has 0 N–H and O–H groups in total. The van der Waals surface area contributed by atoms with Gasteiger partial charge in [-0.1, -0.05) is 6.42 Å². The topological polar surface area (TPSA) is 9.23 Å². The summed E-state index contributed by atoms with van der Waals surface area (Å²) in [5.41, 5.74) is 0. The van der Waals surface area contributed by atoms with Crippen LogP contribution >= 0.6 is 11.8 Å². The van der Waals surface area contributed by atoms with Gasteiger partial charge in [-0.05, 0) is 25.0 Å². The van der Waals surface area contributed by atoms with Gasteiger partial charge in [-0.25, -0.2) is 0 Å². The predicted octanol–water partition coefficient (Wildman–Crippen LogP) is 2.06. The Morgan fingerprint density at radius 3 is 3.20 bits per heavy atom. The SMILES string of the molecule is C1CCC2OCCC2SC1. The Kier molecular flexibility index (Phi) is 2.19. The molecule has 0 saturated carbocycles. The van der Waals surface area contributed by atoms with Gasteiger partial charge in [0.15, 0.2) is 0 Å². The van der Waals surface area contributed by atoms with Gasteiger partial charge in [0.2, 0.25) is 0 Å². The summed E-state index contributed by atoms with van der Waals surface area (Å²) in [5, 5.41) is 0.850. The van der Waals surface area contributed by atoms with Crippen molar-refractivity contribution in [1.29, 1.82) is 0 Å². The van der Waals surface area contributed by atoms with Crippen molar-refractivity contribution in [2.75, 3.05) is 12.4 Å². The number of rotatable bonds is 0. The van der Waals surface area contributed by atoms with Gasteiger partial charge in [0.1, 0.15) is 0 Å². The van der Waals surface area contributed by atoms with Crippen LogP contribution in [-0.4, -0.2) is 23.7 Å². The van der Waals surface area contributed by atoms with E-state index >= 15 is 0 Å². The van der Waals surface area contributed by atoms with Gasteiger partial charge in [-0.15, -0.1) is 0 Å². The molecule has 2 aliphatic heterocycles. The lowest BCUT2D eigenvalue weighted by Crippen LogP contribution is -2.15. The molecule has 2 rings (SSSR count). The number of hydrogen-bond donors (Lipinski definition) is 0. The van der Waals surface area contributed by atoms with Gasteiger partial charge in [0.05, 0.1) is 6.10 Å². The minimum absolute atomic E-state index is 0.618. The summed E-state index contributed by atoms with van der Waals surface area (Å²) in [6.07, 6.45) is 6.02. The van der Waals surface area contributed by atoms with Gasteiger partial charge in [0, 0.05) is 11.9 Å². The van der Waals surface area contributed by atoms with Crippen LogP contribution in [0.15, 0.2) is 0 Å². The molecule has 2 heterocycles. The Bertz CT molecular complexity index is 104. The second kappa shape index (κ2) is 3.14. The van der Waals surface area contributed by atoms with E-state index in [1.807, 2.05) is 0 Å². The Balaban J connectivity index is 1.95. The summed E-state index contributed by atoms with van der Waals surface area (Å²) in [6.45, 7) is 1.02. The van der Waals surface area contributed by atoms with Gasteiger partial charge in [0.25, 0.3) is 0 Å². The lowest BCUT2D eigenvalue weighted by atomic mass is 10.1. The Morgan fingerprint density at radius 2 is 2.20 bits per heavy atom. The van der Waals surface area contributed by atoms with E-state index in [0.29, 0.717) is 6.10 Å². The summed E-state index contributed by atoms with van der Waals surface area (Å²) in [4.78, 5) is 0. The second-order valence-electron chi connectivity index (χ2n) is 3.10. The van der Waals surface area contributed by atoms with E-state index in [-0.39, 0.29) is 0 Å². The fourth-order valence-corrected chi connectivity index (χ4v) is 3.14. The highest BCUT2D eigenvalue weighted by atomic mass is 32.2. The van der Waals surface area contributed by atoms with E-state index in [1.54, 1.807) is 0 Å². The number of hydrogen-bond acceptors (Lipinski definition) is 2. The van der Waals surface area contributed by atoms with Crippen molar-refractivity contribution < 1.29 is 4.74 Å². The van der Waals surface area contributed by atoms with Crippen LogP contribution in [0.3, 0.4) is 0 Å². The third-order valence-corrected chi connectivity index (χ3v) is 3.86. The first-order chi connectivity index (χ1) is 4.97. The second-order valence-corrected chi connectivity index (χ2v) is 4.45. The highest BCUT2D eigenvalue weighted by molar-refractivity contribution is 7.99. The molecule has 0 aromatic carbocycles. The van der Waals surface area contributed by atoms with Crippen molar-refractivity contribution in [3.63, 3.8) is 0 Å². The first-order valence-electron chi connectivity index (χ1n) is 4.20. The van der Waals surface area contributed by atoms with Crippen LogP contribution in [0.5, 0.6) is 0 Å². The molecule has 2 saturated heterocycles. The fraction of sp³-hybridized carbons (Fsp3) is 1.00. The largest absolute Gasteiger partial charge is 0.377 e. The summed E-state index contributed by atoms with van der Waals surface area (Å²) in [7, 11) is 0. The van der Waals surface area contributed by atoms with Gasteiger partial charge in [-0.3, -0.25) is 0 Å². The van der Waals surface area contributed by atoms with E-state index in [1.165, 1.54) is 31.4 Å². The zero-order valence-electron chi connectivity index (χ0n) is 6.21. The third kappa shape index (κ3) is 1.32.